The van der Waals surface area contributed by atoms with Crippen LogP contribution in [0.4, 0.5) is 4.79 Å². The quantitative estimate of drug-likeness (QED) is 0.457. The van der Waals surface area contributed by atoms with Crippen LogP contribution in [-0.4, -0.2) is 35.2 Å². The average molecular weight is 302 g/mol. The summed E-state index contributed by atoms with van der Waals surface area (Å²) in [4.78, 5) is 37.3. The number of benzene rings is 1. The largest absolute Gasteiger partial charge is 0.431 e. The van der Waals surface area contributed by atoms with Crippen LogP contribution in [0, 0.1) is 0 Å². The zero-order valence-corrected chi connectivity index (χ0v) is 11.5. The molecule has 114 valence electrons. The monoisotopic (exact) mass is 302 g/mol. The molecule has 8 nitrogen and oxygen atoms in total. The molecule has 2 aromatic rings. The zero-order valence-electron chi connectivity index (χ0n) is 11.5. The van der Waals surface area contributed by atoms with Crippen molar-refractivity contribution in [2.24, 2.45) is 5.73 Å². The van der Waals surface area contributed by atoms with E-state index in [0.29, 0.717) is 0 Å². The van der Waals surface area contributed by atoms with E-state index in [1.54, 1.807) is 6.20 Å². The molecule has 1 aromatic heterocycles. The summed E-state index contributed by atoms with van der Waals surface area (Å²) in [5, 5.41) is 5.11. The first-order valence-electron chi connectivity index (χ1n) is 6.67. The van der Waals surface area contributed by atoms with Crippen molar-refractivity contribution in [3.05, 3.63) is 36.0 Å². The lowest BCUT2D eigenvalue weighted by molar-refractivity contribution is -0.156. The lowest BCUT2D eigenvalue weighted by Gasteiger charge is -2.14. The van der Waals surface area contributed by atoms with Crippen LogP contribution in [0.1, 0.15) is 5.56 Å². The third kappa shape index (κ3) is 2.63. The summed E-state index contributed by atoms with van der Waals surface area (Å²) in [5.74, 6) is -1.47. The minimum atomic E-state index is -1.32. The number of aromatic amines is 1. The number of H-pyrrole nitrogens is 1. The summed E-state index contributed by atoms with van der Waals surface area (Å²) >= 11 is 0. The standard InChI is InChI=1S/C14H14N4O4/c15-9(13(20)22-12-11(19)17-14(21)18-12)5-7-6-16-10-4-2-1-3-8(7)10/h1-4,6,9,12,16H,5,15H2,(H2,17,18,19,21)/t9-,12?/m0/s1. The van der Waals surface area contributed by atoms with Gasteiger partial charge in [-0.15, -0.1) is 0 Å². The van der Waals surface area contributed by atoms with Gasteiger partial charge in [0.25, 0.3) is 12.1 Å². The molecule has 0 aliphatic carbocycles. The van der Waals surface area contributed by atoms with E-state index in [0.717, 1.165) is 16.5 Å². The molecule has 1 unspecified atom stereocenters. The number of nitrogens with one attached hydrogen (secondary N) is 3. The summed E-state index contributed by atoms with van der Waals surface area (Å²) in [5.41, 5.74) is 7.64. The topological polar surface area (TPSA) is 126 Å². The van der Waals surface area contributed by atoms with Crippen LogP contribution >= 0.6 is 0 Å². The number of esters is 1. The average Bonchev–Trinajstić information content (AvgIpc) is 3.03. The van der Waals surface area contributed by atoms with Crippen LogP contribution in [-0.2, 0) is 20.7 Å². The van der Waals surface area contributed by atoms with Gasteiger partial charge in [0.15, 0.2) is 0 Å². The van der Waals surface area contributed by atoms with Crippen LogP contribution in [0.5, 0.6) is 0 Å². The van der Waals surface area contributed by atoms with Crippen molar-refractivity contribution in [2.45, 2.75) is 18.7 Å². The van der Waals surface area contributed by atoms with Gasteiger partial charge in [-0.3, -0.25) is 20.2 Å². The summed E-state index contributed by atoms with van der Waals surface area (Å²) in [7, 11) is 0. The lowest BCUT2D eigenvalue weighted by Crippen LogP contribution is -2.41. The van der Waals surface area contributed by atoms with Crippen molar-refractivity contribution >= 4 is 28.8 Å². The molecule has 0 radical (unpaired) electrons. The smallest absolute Gasteiger partial charge is 0.325 e. The second-order valence-corrected chi connectivity index (χ2v) is 4.95. The molecule has 0 bridgehead atoms. The second-order valence-electron chi connectivity index (χ2n) is 4.95. The number of hydrogen-bond acceptors (Lipinski definition) is 5. The Balaban J connectivity index is 1.66. The molecule has 1 aliphatic rings. The van der Waals surface area contributed by atoms with Crippen molar-refractivity contribution in [2.75, 3.05) is 0 Å². The number of rotatable bonds is 4. The van der Waals surface area contributed by atoms with Crippen molar-refractivity contribution < 1.29 is 19.1 Å². The van der Waals surface area contributed by atoms with Crippen LogP contribution in [0.2, 0.25) is 0 Å². The highest BCUT2D eigenvalue weighted by atomic mass is 16.6. The van der Waals surface area contributed by atoms with E-state index >= 15 is 0 Å². The molecule has 1 saturated heterocycles. The summed E-state index contributed by atoms with van der Waals surface area (Å²) in [6.07, 6.45) is 0.710. The molecule has 8 heteroatoms. The molecule has 0 spiro atoms. The fraction of sp³-hybridized carbons (Fsp3) is 0.214. The fourth-order valence-electron chi connectivity index (χ4n) is 2.31. The van der Waals surface area contributed by atoms with E-state index in [9.17, 15) is 14.4 Å². The highest BCUT2D eigenvalue weighted by Gasteiger charge is 2.34. The lowest BCUT2D eigenvalue weighted by atomic mass is 10.1. The van der Waals surface area contributed by atoms with Crippen LogP contribution in [0.3, 0.4) is 0 Å². The van der Waals surface area contributed by atoms with Gasteiger partial charge >= 0.3 is 12.0 Å². The molecular formula is C14H14N4O4. The normalized spacial score (nSPS) is 18.9. The number of amides is 3. The van der Waals surface area contributed by atoms with E-state index in [1.165, 1.54) is 0 Å². The van der Waals surface area contributed by atoms with Gasteiger partial charge in [-0.2, -0.15) is 0 Å². The minimum Gasteiger partial charge on any atom is -0.431 e. The number of ether oxygens (including phenoxy) is 1. The molecule has 22 heavy (non-hydrogen) atoms. The van der Waals surface area contributed by atoms with Crippen molar-refractivity contribution in [3.63, 3.8) is 0 Å². The number of aromatic nitrogens is 1. The number of imide groups is 1. The predicted molar refractivity (Wildman–Crippen MR) is 76.5 cm³/mol. The number of hydrogen-bond donors (Lipinski definition) is 4. The maximum Gasteiger partial charge on any atom is 0.325 e. The number of carbonyl (C=O) groups excluding carboxylic acids is 3. The van der Waals surface area contributed by atoms with Gasteiger partial charge in [-0.05, 0) is 11.6 Å². The Hall–Kier alpha value is -2.87. The van der Waals surface area contributed by atoms with Crippen molar-refractivity contribution in [1.29, 1.82) is 0 Å². The van der Waals surface area contributed by atoms with E-state index in [1.807, 2.05) is 29.6 Å². The van der Waals surface area contributed by atoms with Gasteiger partial charge in [0.2, 0.25) is 0 Å². The number of urea groups is 1. The first-order valence-corrected chi connectivity index (χ1v) is 6.67. The first-order chi connectivity index (χ1) is 10.5. The molecule has 1 aromatic carbocycles. The first kappa shape index (κ1) is 14.1. The Labute approximate surface area is 125 Å². The number of para-hydroxylation sites is 1. The molecule has 1 fully saturated rings. The molecule has 2 heterocycles. The predicted octanol–water partition coefficient (Wildman–Crippen LogP) is -0.254. The number of carbonyl (C=O) groups is 3. The van der Waals surface area contributed by atoms with Crippen molar-refractivity contribution in [1.82, 2.24) is 15.6 Å². The highest BCUT2D eigenvalue weighted by molar-refractivity contribution is 6.04. The van der Waals surface area contributed by atoms with Gasteiger partial charge in [0, 0.05) is 23.5 Å². The molecule has 3 rings (SSSR count). The van der Waals surface area contributed by atoms with Crippen LogP contribution in [0.15, 0.2) is 30.5 Å². The van der Waals surface area contributed by atoms with Crippen LogP contribution in [0.25, 0.3) is 10.9 Å². The molecule has 5 N–H and O–H groups in total. The molecular weight excluding hydrogens is 288 g/mol. The summed E-state index contributed by atoms with van der Waals surface area (Å²) in [6, 6.07) is 5.99. The van der Waals surface area contributed by atoms with Gasteiger partial charge in [-0.25, -0.2) is 4.79 Å². The third-order valence-corrected chi connectivity index (χ3v) is 3.39. The summed E-state index contributed by atoms with van der Waals surface area (Å²) in [6.45, 7) is 0. The molecule has 0 saturated carbocycles. The van der Waals surface area contributed by atoms with Crippen molar-refractivity contribution in [3.8, 4) is 0 Å². The Morgan fingerprint density at radius 1 is 1.32 bits per heavy atom. The molecule has 3 amide bonds. The van der Waals surface area contributed by atoms with E-state index in [4.69, 9.17) is 10.5 Å². The third-order valence-electron chi connectivity index (χ3n) is 3.39. The zero-order chi connectivity index (χ0) is 15.7. The Kier molecular flexibility index (Phi) is 3.51. The van der Waals surface area contributed by atoms with Gasteiger partial charge < -0.3 is 15.5 Å². The maximum atomic E-state index is 11.9. The van der Waals surface area contributed by atoms with E-state index < -0.39 is 30.2 Å². The van der Waals surface area contributed by atoms with E-state index in [-0.39, 0.29) is 6.42 Å². The molecule has 2 atom stereocenters. The Morgan fingerprint density at radius 3 is 2.82 bits per heavy atom. The van der Waals surface area contributed by atoms with Crippen LogP contribution < -0.4 is 16.4 Å². The molecule has 1 aliphatic heterocycles. The fourth-order valence-corrected chi connectivity index (χ4v) is 2.31. The maximum absolute atomic E-state index is 11.9. The highest BCUT2D eigenvalue weighted by Crippen LogP contribution is 2.19. The minimum absolute atomic E-state index is 0.255. The number of fused-ring (bicyclic) bond motifs is 1. The second kappa shape index (κ2) is 5.49. The summed E-state index contributed by atoms with van der Waals surface area (Å²) < 4.78 is 4.90. The Bertz CT molecular complexity index is 754. The van der Waals surface area contributed by atoms with Gasteiger partial charge in [0.1, 0.15) is 6.04 Å². The number of nitrogens with two attached hydrogens (primary N) is 1. The van der Waals surface area contributed by atoms with Gasteiger partial charge in [0.05, 0.1) is 0 Å². The SMILES string of the molecule is N[C@@H](Cc1c[nH]c2ccccc12)C(=O)OC1NC(=O)NC1=O. The van der Waals surface area contributed by atoms with E-state index in [2.05, 4.69) is 10.3 Å². The Morgan fingerprint density at radius 2 is 2.09 bits per heavy atom. The van der Waals surface area contributed by atoms with Gasteiger partial charge in [-0.1, -0.05) is 18.2 Å².